The first-order chi connectivity index (χ1) is 12.8. The molecule has 0 spiro atoms. The number of allylic oxidation sites excluding steroid dienone is 1. The molecule has 27 heavy (non-hydrogen) atoms. The molecule has 1 heterocycles. The van der Waals surface area contributed by atoms with Crippen molar-refractivity contribution in [3.05, 3.63) is 80.5 Å². The summed E-state index contributed by atoms with van der Waals surface area (Å²) < 4.78 is 0. The molecule has 3 rings (SSSR count). The highest BCUT2D eigenvalue weighted by Crippen LogP contribution is 2.29. The third-order valence-electron chi connectivity index (χ3n) is 4.05. The van der Waals surface area contributed by atoms with Crippen LogP contribution in [0.25, 0.3) is 0 Å². The fraction of sp³-hybridized carbons (Fsp3) is 0.111. The highest BCUT2D eigenvalue weighted by atomic mass is 35.5. The van der Waals surface area contributed by atoms with Crippen LogP contribution in [0.4, 0.5) is 11.4 Å². The molecule has 0 bridgehead atoms. The van der Waals surface area contributed by atoms with Crippen molar-refractivity contribution < 1.29 is 9.72 Å². The molecule has 138 valence electrons. The van der Waals surface area contributed by atoms with Gasteiger partial charge < -0.3 is 16.0 Å². The average molecular weight is 403 g/mol. The van der Waals surface area contributed by atoms with Crippen LogP contribution in [0.15, 0.2) is 59.8 Å². The van der Waals surface area contributed by atoms with Crippen molar-refractivity contribution in [3.63, 3.8) is 0 Å². The van der Waals surface area contributed by atoms with E-state index in [2.05, 4.69) is 16.0 Å². The van der Waals surface area contributed by atoms with Crippen molar-refractivity contribution in [2.75, 3.05) is 5.32 Å². The fourth-order valence-corrected chi connectivity index (χ4v) is 3.16. The van der Waals surface area contributed by atoms with Gasteiger partial charge in [0, 0.05) is 28.5 Å². The minimum atomic E-state index is -0.495. The Balaban J connectivity index is 1.89. The summed E-state index contributed by atoms with van der Waals surface area (Å²) in [5, 5.41) is 20.6. The largest absolute Gasteiger partial charge is 0.351 e. The highest BCUT2D eigenvalue weighted by molar-refractivity contribution is 7.80. The summed E-state index contributed by atoms with van der Waals surface area (Å²) in [6.07, 6.45) is 0. The van der Waals surface area contributed by atoms with Crippen LogP contribution in [-0.4, -0.2) is 15.9 Å². The number of carbonyl (C=O) groups excluding carboxylic acids is 1. The lowest BCUT2D eigenvalue weighted by Crippen LogP contribution is -2.45. The predicted octanol–water partition coefficient (Wildman–Crippen LogP) is 3.68. The number of hydrogen-bond acceptors (Lipinski definition) is 4. The van der Waals surface area contributed by atoms with Gasteiger partial charge in [0.2, 0.25) is 0 Å². The van der Waals surface area contributed by atoms with E-state index in [0.29, 0.717) is 27.1 Å². The number of nitro groups is 1. The zero-order valence-corrected chi connectivity index (χ0v) is 15.7. The molecule has 0 saturated carbocycles. The Morgan fingerprint density at radius 3 is 2.41 bits per heavy atom. The first kappa shape index (κ1) is 18.8. The molecule has 2 aromatic carbocycles. The molecule has 1 atom stereocenters. The van der Waals surface area contributed by atoms with Crippen LogP contribution in [0, 0.1) is 10.1 Å². The standard InChI is InChI=1S/C18H15ClN4O3S/c1-10-15(17(24)21-13-6-8-14(9-7-13)23(25)26)16(22-18(27)20-10)11-2-4-12(19)5-3-11/h2-9,16H,1H3,(H,21,24)(H2,20,22,27)/t16-/m1/s1. The number of hydrogen-bond donors (Lipinski definition) is 3. The van der Waals surface area contributed by atoms with Gasteiger partial charge in [-0.25, -0.2) is 0 Å². The van der Waals surface area contributed by atoms with Crippen molar-refractivity contribution in [1.82, 2.24) is 10.6 Å². The zero-order valence-electron chi connectivity index (χ0n) is 14.2. The first-order valence-electron chi connectivity index (χ1n) is 7.94. The number of amides is 1. The second-order valence-corrected chi connectivity index (χ2v) is 6.72. The van der Waals surface area contributed by atoms with Gasteiger partial charge in [-0.15, -0.1) is 0 Å². The van der Waals surface area contributed by atoms with Crippen LogP contribution in [0.5, 0.6) is 0 Å². The average Bonchev–Trinajstić information content (AvgIpc) is 2.62. The molecule has 1 aliphatic rings. The Hall–Kier alpha value is -2.97. The monoisotopic (exact) mass is 402 g/mol. The topological polar surface area (TPSA) is 96.3 Å². The van der Waals surface area contributed by atoms with E-state index in [1.54, 1.807) is 19.1 Å². The van der Waals surface area contributed by atoms with E-state index in [1.807, 2.05) is 12.1 Å². The van der Waals surface area contributed by atoms with Gasteiger partial charge in [0.15, 0.2) is 5.11 Å². The van der Waals surface area contributed by atoms with E-state index in [9.17, 15) is 14.9 Å². The Morgan fingerprint density at radius 2 is 1.81 bits per heavy atom. The minimum absolute atomic E-state index is 0.0474. The SMILES string of the molecule is CC1=C(C(=O)Nc2ccc([N+](=O)[O-])cc2)[C@@H](c2ccc(Cl)cc2)NC(=S)N1. The van der Waals surface area contributed by atoms with Gasteiger partial charge in [-0.2, -0.15) is 0 Å². The normalized spacial score (nSPS) is 16.4. The fourth-order valence-electron chi connectivity index (χ4n) is 2.77. The van der Waals surface area contributed by atoms with Gasteiger partial charge in [-0.1, -0.05) is 23.7 Å². The summed E-state index contributed by atoms with van der Waals surface area (Å²) in [6.45, 7) is 1.76. The smallest absolute Gasteiger partial charge is 0.269 e. The van der Waals surface area contributed by atoms with Gasteiger partial charge in [-0.05, 0) is 49.0 Å². The van der Waals surface area contributed by atoms with E-state index in [4.69, 9.17) is 23.8 Å². The molecule has 0 radical (unpaired) electrons. The van der Waals surface area contributed by atoms with Gasteiger partial charge in [-0.3, -0.25) is 14.9 Å². The molecule has 9 heteroatoms. The second kappa shape index (κ2) is 7.73. The number of benzene rings is 2. The summed E-state index contributed by atoms with van der Waals surface area (Å²) in [7, 11) is 0. The summed E-state index contributed by atoms with van der Waals surface area (Å²) in [4.78, 5) is 23.2. The number of non-ortho nitro benzene ring substituents is 1. The van der Waals surface area contributed by atoms with E-state index < -0.39 is 11.0 Å². The number of nitrogens with one attached hydrogen (secondary N) is 3. The molecule has 0 aromatic heterocycles. The van der Waals surface area contributed by atoms with Gasteiger partial charge in [0.05, 0.1) is 16.5 Å². The second-order valence-electron chi connectivity index (χ2n) is 5.88. The van der Waals surface area contributed by atoms with Crippen LogP contribution in [0.2, 0.25) is 5.02 Å². The molecule has 1 aliphatic heterocycles. The van der Waals surface area contributed by atoms with Crippen LogP contribution in [0.1, 0.15) is 18.5 Å². The lowest BCUT2D eigenvalue weighted by atomic mass is 9.95. The number of nitro benzene ring substituents is 1. The molecule has 0 fully saturated rings. The molecule has 7 nitrogen and oxygen atoms in total. The molecular formula is C18H15ClN4O3S. The van der Waals surface area contributed by atoms with Crippen LogP contribution >= 0.6 is 23.8 Å². The maximum atomic E-state index is 12.9. The molecule has 3 N–H and O–H groups in total. The summed E-state index contributed by atoms with van der Waals surface area (Å²) in [5.41, 5.74) is 2.32. The number of thiocarbonyl (C=S) groups is 1. The van der Waals surface area contributed by atoms with Crippen molar-refractivity contribution in [3.8, 4) is 0 Å². The Kier molecular flexibility index (Phi) is 5.38. The Labute approximate surface area is 165 Å². The number of nitrogens with zero attached hydrogens (tertiary/aromatic N) is 1. The molecule has 2 aromatic rings. The summed E-state index contributed by atoms with van der Waals surface area (Å²) >= 11 is 11.2. The predicted molar refractivity (Wildman–Crippen MR) is 107 cm³/mol. The van der Waals surface area contributed by atoms with Crippen LogP contribution in [0.3, 0.4) is 0 Å². The van der Waals surface area contributed by atoms with Crippen LogP contribution in [-0.2, 0) is 4.79 Å². The van der Waals surface area contributed by atoms with Crippen LogP contribution < -0.4 is 16.0 Å². The number of anilines is 1. The van der Waals surface area contributed by atoms with Gasteiger partial charge in [0.1, 0.15) is 0 Å². The maximum Gasteiger partial charge on any atom is 0.269 e. The zero-order chi connectivity index (χ0) is 19.6. The maximum absolute atomic E-state index is 12.9. The lowest BCUT2D eigenvalue weighted by molar-refractivity contribution is -0.384. The molecule has 0 saturated heterocycles. The van der Waals surface area contributed by atoms with E-state index in [1.165, 1.54) is 24.3 Å². The van der Waals surface area contributed by atoms with E-state index in [0.717, 1.165) is 5.56 Å². The van der Waals surface area contributed by atoms with Gasteiger partial charge in [0.25, 0.3) is 11.6 Å². The van der Waals surface area contributed by atoms with Crippen molar-refractivity contribution in [1.29, 1.82) is 0 Å². The lowest BCUT2D eigenvalue weighted by Gasteiger charge is -2.30. The third kappa shape index (κ3) is 4.24. The number of halogens is 1. The molecule has 1 amide bonds. The number of carbonyl (C=O) groups is 1. The third-order valence-corrected chi connectivity index (χ3v) is 4.52. The van der Waals surface area contributed by atoms with Crippen molar-refractivity contribution in [2.24, 2.45) is 0 Å². The first-order valence-corrected chi connectivity index (χ1v) is 8.73. The van der Waals surface area contributed by atoms with E-state index >= 15 is 0 Å². The Morgan fingerprint density at radius 1 is 1.19 bits per heavy atom. The Bertz CT molecular complexity index is 942. The van der Waals surface area contributed by atoms with Crippen molar-refractivity contribution in [2.45, 2.75) is 13.0 Å². The van der Waals surface area contributed by atoms with Crippen molar-refractivity contribution >= 4 is 46.2 Å². The summed E-state index contributed by atoms with van der Waals surface area (Å²) in [6, 6.07) is 12.3. The molecule has 0 unspecified atom stereocenters. The number of rotatable bonds is 4. The molecular weight excluding hydrogens is 388 g/mol. The van der Waals surface area contributed by atoms with E-state index in [-0.39, 0.29) is 11.6 Å². The minimum Gasteiger partial charge on any atom is -0.351 e. The quantitative estimate of drug-likeness (QED) is 0.410. The summed E-state index contributed by atoms with van der Waals surface area (Å²) in [5.74, 6) is -0.344. The highest BCUT2D eigenvalue weighted by Gasteiger charge is 2.29. The van der Waals surface area contributed by atoms with Gasteiger partial charge >= 0.3 is 0 Å². The molecule has 0 aliphatic carbocycles.